The Labute approximate surface area is 222 Å². The van der Waals surface area contributed by atoms with Gasteiger partial charge in [-0.2, -0.15) is 5.26 Å². The van der Waals surface area contributed by atoms with Crippen molar-refractivity contribution in [3.05, 3.63) is 64.4 Å². The maximum absolute atomic E-state index is 13.2. The van der Waals surface area contributed by atoms with E-state index in [0.717, 1.165) is 5.56 Å². The Balaban J connectivity index is 1.52. The number of rotatable bonds is 9. The Morgan fingerprint density at radius 3 is 2.46 bits per heavy atom. The number of esters is 1. The second-order valence-electron chi connectivity index (χ2n) is 10.3. The topological polar surface area (TPSA) is 91.7 Å². The number of carbonyl (C=O) groups is 2. The van der Waals surface area contributed by atoms with Crippen molar-refractivity contribution in [2.24, 2.45) is 5.41 Å². The number of nitrogens with zero attached hydrogens (tertiary/aromatic N) is 2. The predicted octanol–water partition coefficient (Wildman–Crippen LogP) is 4.66. The van der Waals surface area contributed by atoms with Gasteiger partial charge in [0.25, 0.3) is 5.91 Å². The van der Waals surface area contributed by atoms with E-state index in [2.05, 4.69) is 11.4 Å². The van der Waals surface area contributed by atoms with Crippen LogP contribution in [0.5, 0.6) is 5.75 Å². The standard InChI is InChI=1S/C28H33ClFN3O4/c1-27(2,3)37-26(35)17-32-16-21-14-22(29)6-9-24(21)36-18-25(34)33-12-10-28(19-31,11-13-33)15-20-4-7-23(30)8-5-20/h4-9,14,32H,10-13,15-18H2,1-3H3. The fraction of sp³-hybridized carbons (Fsp3) is 0.464. The van der Waals surface area contributed by atoms with Crippen LogP contribution in [0.4, 0.5) is 4.39 Å². The van der Waals surface area contributed by atoms with Gasteiger partial charge in [-0.25, -0.2) is 4.39 Å². The second kappa shape index (κ2) is 12.4. The molecule has 1 aliphatic rings. The lowest BCUT2D eigenvalue weighted by molar-refractivity contribution is -0.153. The molecule has 7 nitrogen and oxygen atoms in total. The molecule has 37 heavy (non-hydrogen) atoms. The lowest BCUT2D eigenvalue weighted by Crippen LogP contribution is -2.45. The number of amides is 1. The fourth-order valence-electron chi connectivity index (χ4n) is 4.24. The van der Waals surface area contributed by atoms with E-state index in [0.29, 0.717) is 55.2 Å². The van der Waals surface area contributed by atoms with Crippen LogP contribution in [-0.2, 0) is 27.3 Å². The fourth-order valence-corrected chi connectivity index (χ4v) is 4.43. The molecule has 0 radical (unpaired) electrons. The molecule has 198 valence electrons. The highest BCUT2D eigenvalue weighted by molar-refractivity contribution is 6.30. The third-order valence-electron chi connectivity index (χ3n) is 6.14. The van der Waals surface area contributed by atoms with Crippen LogP contribution in [0.1, 0.15) is 44.7 Å². The van der Waals surface area contributed by atoms with Crippen LogP contribution in [0.3, 0.4) is 0 Å². The van der Waals surface area contributed by atoms with Crippen LogP contribution in [0.2, 0.25) is 5.02 Å². The predicted molar refractivity (Wildman–Crippen MR) is 138 cm³/mol. The summed E-state index contributed by atoms with van der Waals surface area (Å²) in [4.78, 5) is 26.5. The molecule has 1 N–H and O–H groups in total. The molecule has 9 heteroatoms. The Bertz CT molecular complexity index is 1130. The maximum atomic E-state index is 13.2. The molecule has 1 fully saturated rings. The molecule has 0 unspecified atom stereocenters. The van der Waals surface area contributed by atoms with Crippen LogP contribution in [0, 0.1) is 22.6 Å². The van der Waals surface area contributed by atoms with Crippen LogP contribution >= 0.6 is 11.6 Å². The summed E-state index contributed by atoms with van der Waals surface area (Å²) in [7, 11) is 0. The van der Waals surface area contributed by atoms with Crippen molar-refractivity contribution < 1.29 is 23.5 Å². The SMILES string of the molecule is CC(C)(C)OC(=O)CNCc1cc(Cl)ccc1OCC(=O)N1CCC(C#N)(Cc2ccc(F)cc2)CC1. The number of ether oxygens (including phenoxy) is 2. The molecular formula is C28H33ClFN3O4. The molecular weight excluding hydrogens is 497 g/mol. The first-order valence-electron chi connectivity index (χ1n) is 12.3. The van der Waals surface area contributed by atoms with E-state index in [1.165, 1.54) is 12.1 Å². The van der Waals surface area contributed by atoms with E-state index in [-0.39, 0.29) is 30.8 Å². The van der Waals surface area contributed by atoms with Crippen molar-refractivity contribution in [2.45, 2.75) is 52.2 Å². The molecule has 0 saturated carbocycles. The van der Waals surface area contributed by atoms with Gasteiger partial charge in [0, 0.05) is 30.2 Å². The summed E-state index contributed by atoms with van der Waals surface area (Å²) in [5.41, 5.74) is 0.469. The summed E-state index contributed by atoms with van der Waals surface area (Å²) in [6.07, 6.45) is 1.59. The zero-order valence-electron chi connectivity index (χ0n) is 21.5. The molecule has 1 amide bonds. The lowest BCUT2D eigenvalue weighted by Gasteiger charge is -2.37. The van der Waals surface area contributed by atoms with E-state index < -0.39 is 11.0 Å². The molecule has 2 aromatic carbocycles. The third-order valence-corrected chi connectivity index (χ3v) is 6.38. The molecule has 2 aromatic rings. The van der Waals surface area contributed by atoms with E-state index in [9.17, 15) is 19.2 Å². The summed E-state index contributed by atoms with van der Waals surface area (Å²) < 4.78 is 24.3. The van der Waals surface area contributed by atoms with Crippen molar-refractivity contribution >= 4 is 23.5 Å². The van der Waals surface area contributed by atoms with E-state index in [1.54, 1.807) is 56.0 Å². The maximum Gasteiger partial charge on any atom is 0.320 e. The van der Waals surface area contributed by atoms with Crippen LogP contribution < -0.4 is 10.1 Å². The van der Waals surface area contributed by atoms with Gasteiger partial charge in [-0.15, -0.1) is 0 Å². The van der Waals surface area contributed by atoms with Gasteiger partial charge in [0.15, 0.2) is 6.61 Å². The minimum Gasteiger partial charge on any atom is -0.483 e. The first-order chi connectivity index (χ1) is 17.5. The lowest BCUT2D eigenvalue weighted by atomic mass is 9.75. The van der Waals surface area contributed by atoms with Gasteiger partial charge >= 0.3 is 5.97 Å². The average Bonchev–Trinajstić information content (AvgIpc) is 2.84. The van der Waals surface area contributed by atoms with Crippen molar-refractivity contribution in [1.29, 1.82) is 5.26 Å². The van der Waals surface area contributed by atoms with E-state index in [4.69, 9.17) is 21.1 Å². The molecule has 1 heterocycles. The number of nitriles is 1. The summed E-state index contributed by atoms with van der Waals surface area (Å²) in [5.74, 6) is -0.354. The van der Waals surface area contributed by atoms with Crippen molar-refractivity contribution in [2.75, 3.05) is 26.2 Å². The van der Waals surface area contributed by atoms with E-state index >= 15 is 0 Å². The quantitative estimate of drug-likeness (QED) is 0.475. The summed E-state index contributed by atoms with van der Waals surface area (Å²) in [5, 5.41) is 13.4. The number of piperidine rings is 1. The average molecular weight is 530 g/mol. The molecule has 1 aliphatic heterocycles. The minimum absolute atomic E-state index is 0.0223. The number of likely N-dealkylation sites (tertiary alicyclic amines) is 1. The normalized spacial score (nSPS) is 15.1. The summed E-state index contributed by atoms with van der Waals surface area (Å²) in [6, 6.07) is 13.7. The monoisotopic (exact) mass is 529 g/mol. The minimum atomic E-state index is -0.585. The Morgan fingerprint density at radius 1 is 1.16 bits per heavy atom. The van der Waals surface area contributed by atoms with Crippen molar-refractivity contribution in [1.82, 2.24) is 10.2 Å². The van der Waals surface area contributed by atoms with Gasteiger partial charge in [-0.05, 0) is 75.9 Å². The Morgan fingerprint density at radius 2 is 1.84 bits per heavy atom. The first kappa shape index (κ1) is 28.4. The molecule has 0 aliphatic carbocycles. The van der Waals surface area contributed by atoms with Gasteiger partial charge in [-0.3, -0.25) is 9.59 Å². The van der Waals surface area contributed by atoms with Crippen LogP contribution in [0.15, 0.2) is 42.5 Å². The number of benzene rings is 2. The van der Waals surface area contributed by atoms with Gasteiger partial charge in [0.2, 0.25) is 0 Å². The highest BCUT2D eigenvalue weighted by atomic mass is 35.5. The summed E-state index contributed by atoms with van der Waals surface area (Å²) in [6.45, 7) is 6.48. The molecule has 1 saturated heterocycles. The van der Waals surface area contributed by atoms with Crippen molar-refractivity contribution in [3.8, 4) is 11.8 Å². The zero-order valence-corrected chi connectivity index (χ0v) is 22.2. The molecule has 3 rings (SSSR count). The Kier molecular flexibility index (Phi) is 9.52. The second-order valence-corrected chi connectivity index (χ2v) is 10.7. The highest BCUT2D eigenvalue weighted by Crippen LogP contribution is 2.34. The molecule has 0 atom stereocenters. The highest BCUT2D eigenvalue weighted by Gasteiger charge is 2.36. The smallest absolute Gasteiger partial charge is 0.320 e. The summed E-state index contributed by atoms with van der Waals surface area (Å²) >= 11 is 6.14. The number of hydrogen-bond donors (Lipinski definition) is 1. The van der Waals surface area contributed by atoms with Crippen molar-refractivity contribution in [3.63, 3.8) is 0 Å². The Hall–Kier alpha value is -3.15. The van der Waals surface area contributed by atoms with Crippen LogP contribution in [-0.4, -0.2) is 48.6 Å². The van der Waals surface area contributed by atoms with Crippen LogP contribution in [0.25, 0.3) is 0 Å². The molecule has 0 bridgehead atoms. The number of nitrogens with one attached hydrogen (secondary N) is 1. The van der Waals surface area contributed by atoms with E-state index in [1.807, 2.05) is 0 Å². The largest absolute Gasteiger partial charge is 0.483 e. The number of halogens is 2. The number of hydrogen-bond acceptors (Lipinski definition) is 6. The van der Waals surface area contributed by atoms with Gasteiger partial charge in [-0.1, -0.05) is 23.7 Å². The first-order valence-corrected chi connectivity index (χ1v) is 12.6. The van der Waals surface area contributed by atoms with Gasteiger partial charge < -0.3 is 19.7 Å². The molecule has 0 aromatic heterocycles. The number of carbonyl (C=O) groups excluding carboxylic acids is 2. The molecule has 0 spiro atoms. The van der Waals surface area contributed by atoms with Gasteiger partial charge in [0.05, 0.1) is 18.0 Å². The zero-order chi connectivity index (χ0) is 27.1. The van der Waals surface area contributed by atoms with Gasteiger partial charge in [0.1, 0.15) is 17.2 Å². The third kappa shape index (κ3) is 8.73.